The number of nitriles is 1. The van der Waals surface area contributed by atoms with Crippen LogP contribution in [-0.2, 0) is 16.0 Å². The summed E-state index contributed by atoms with van der Waals surface area (Å²) < 4.78 is 0. The zero-order valence-corrected chi connectivity index (χ0v) is 15.4. The van der Waals surface area contributed by atoms with Crippen molar-refractivity contribution in [1.82, 2.24) is 4.90 Å². The van der Waals surface area contributed by atoms with E-state index < -0.39 is 0 Å². The second-order valence-electron chi connectivity index (χ2n) is 6.90. The number of benzene rings is 2. The number of nitrogens with one attached hydrogen (secondary N) is 1. The van der Waals surface area contributed by atoms with E-state index >= 15 is 0 Å². The van der Waals surface area contributed by atoms with Crippen LogP contribution in [0.1, 0.15) is 29.5 Å². The number of nitrogens with zero attached hydrogens (tertiary/aromatic N) is 2. The number of carbonyl (C=O) groups is 2. The third-order valence-corrected chi connectivity index (χ3v) is 5.13. The van der Waals surface area contributed by atoms with Gasteiger partial charge in [0.1, 0.15) is 6.07 Å². The first-order valence-electron chi connectivity index (χ1n) is 9.20. The van der Waals surface area contributed by atoms with E-state index in [9.17, 15) is 9.59 Å². The largest absolute Gasteiger partial charge is 0.342 e. The maximum absolute atomic E-state index is 12.6. The minimum atomic E-state index is -0.140. The van der Waals surface area contributed by atoms with Gasteiger partial charge in [-0.3, -0.25) is 9.59 Å². The molecule has 27 heavy (non-hydrogen) atoms. The lowest BCUT2D eigenvalue weighted by molar-refractivity contribution is -0.133. The van der Waals surface area contributed by atoms with Gasteiger partial charge in [0.15, 0.2) is 0 Å². The Balaban J connectivity index is 1.54. The number of piperidine rings is 1. The molecular weight excluding hydrogens is 338 g/mol. The summed E-state index contributed by atoms with van der Waals surface area (Å²) in [5, 5.41) is 12.0. The topological polar surface area (TPSA) is 73.2 Å². The van der Waals surface area contributed by atoms with Gasteiger partial charge in [-0.15, -0.1) is 0 Å². The molecule has 138 valence electrons. The average Bonchev–Trinajstić information content (AvgIpc) is 2.70. The van der Waals surface area contributed by atoms with Crippen LogP contribution in [-0.4, -0.2) is 29.8 Å². The molecule has 1 N–H and O–H groups in total. The molecule has 1 aliphatic rings. The summed E-state index contributed by atoms with van der Waals surface area (Å²) in [6.45, 7) is 3.18. The second kappa shape index (κ2) is 8.50. The summed E-state index contributed by atoms with van der Waals surface area (Å²) in [6, 6.07) is 17.0. The van der Waals surface area contributed by atoms with Crippen LogP contribution in [0.3, 0.4) is 0 Å². The summed E-state index contributed by atoms with van der Waals surface area (Å²) >= 11 is 0. The van der Waals surface area contributed by atoms with E-state index in [0.717, 1.165) is 11.1 Å². The van der Waals surface area contributed by atoms with Gasteiger partial charge in [-0.2, -0.15) is 5.26 Å². The normalized spacial score (nSPS) is 14.4. The molecule has 1 heterocycles. The molecule has 3 rings (SSSR count). The van der Waals surface area contributed by atoms with Crippen molar-refractivity contribution in [1.29, 1.82) is 5.26 Å². The monoisotopic (exact) mass is 361 g/mol. The van der Waals surface area contributed by atoms with Gasteiger partial charge in [-0.25, -0.2) is 0 Å². The van der Waals surface area contributed by atoms with Crippen LogP contribution in [0.25, 0.3) is 0 Å². The summed E-state index contributed by atoms with van der Waals surface area (Å²) in [5.41, 5.74) is 3.17. The highest BCUT2D eigenvalue weighted by Gasteiger charge is 2.27. The average molecular weight is 361 g/mol. The van der Waals surface area contributed by atoms with Crippen LogP contribution >= 0.6 is 0 Å². The molecule has 0 aromatic heterocycles. The number of likely N-dealkylation sites (tertiary alicyclic amines) is 1. The van der Waals surface area contributed by atoms with Crippen LogP contribution < -0.4 is 5.32 Å². The molecule has 0 bridgehead atoms. The van der Waals surface area contributed by atoms with E-state index in [4.69, 9.17) is 5.26 Å². The molecule has 0 spiro atoms. The number of rotatable bonds is 4. The van der Waals surface area contributed by atoms with Crippen LogP contribution in [0, 0.1) is 24.2 Å². The number of anilines is 1. The molecule has 2 amide bonds. The molecule has 0 aliphatic carbocycles. The highest BCUT2D eigenvalue weighted by Crippen LogP contribution is 2.22. The van der Waals surface area contributed by atoms with Crippen molar-refractivity contribution >= 4 is 17.5 Å². The molecule has 1 fully saturated rings. The summed E-state index contributed by atoms with van der Waals surface area (Å²) in [6.07, 6.45) is 1.68. The van der Waals surface area contributed by atoms with Crippen LogP contribution in [0.4, 0.5) is 5.69 Å². The number of para-hydroxylation sites is 1. The van der Waals surface area contributed by atoms with Crippen molar-refractivity contribution in [3.05, 3.63) is 65.2 Å². The van der Waals surface area contributed by atoms with E-state index in [1.165, 1.54) is 0 Å². The lowest BCUT2D eigenvalue weighted by atomic mass is 9.95. The SMILES string of the molecule is Cc1ccccc1CC(=O)N1CCC(C(=O)Nc2ccccc2C#N)CC1. The van der Waals surface area contributed by atoms with Crippen LogP contribution in [0.15, 0.2) is 48.5 Å². The molecule has 0 radical (unpaired) electrons. The highest BCUT2D eigenvalue weighted by molar-refractivity contribution is 5.94. The Bertz CT molecular complexity index is 877. The van der Waals surface area contributed by atoms with Gasteiger partial charge >= 0.3 is 0 Å². The van der Waals surface area contributed by atoms with Gasteiger partial charge in [0.05, 0.1) is 17.7 Å². The number of amides is 2. The van der Waals surface area contributed by atoms with Crippen molar-refractivity contribution in [2.45, 2.75) is 26.2 Å². The van der Waals surface area contributed by atoms with Gasteiger partial charge in [-0.05, 0) is 43.0 Å². The molecule has 5 nitrogen and oxygen atoms in total. The van der Waals surface area contributed by atoms with Gasteiger partial charge in [-0.1, -0.05) is 36.4 Å². The van der Waals surface area contributed by atoms with E-state index in [1.807, 2.05) is 36.1 Å². The third kappa shape index (κ3) is 4.53. The van der Waals surface area contributed by atoms with E-state index in [-0.39, 0.29) is 17.7 Å². The highest BCUT2D eigenvalue weighted by atomic mass is 16.2. The minimum Gasteiger partial charge on any atom is -0.342 e. The Kier molecular flexibility index (Phi) is 5.87. The lowest BCUT2D eigenvalue weighted by Gasteiger charge is -2.31. The predicted molar refractivity (Wildman–Crippen MR) is 104 cm³/mol. The van der Waals surface area contributed by atoms with E-state index in [1.54, 1.807) is 24.3 Å². The molecular formula is C22H23N3O2. The van der Waals surface area contributed by atoms with Gasteiger partial charge in [0.25, 0.3) is 0 Å². The summed E-state index contributed by atoms with van der Waals surface area (Å²) in [4.78, 5) is 26.9. The molecule has 0 unspecified atom stereocenters. The quantitative estimate of drug-likeness (QED) is 0.908. The van der Waals surface area contributed by atoms with Gasteiger partial charge < -0.3 is 10.2 Å². The fraction of sp³-hybridized carbons (Fsp3) is 0.318. The minimum absolute atomic E-state index is 0.0799. The Morgan fingerprint density at radius 1 is 1.11 bits per heavy atom. The maximum atomic E-state index is 12.6. The zero-order chi connectivity index (χ0) is 19.2. The Morgan fingerprint density at radius 3 is 2.48 bits per heavy atom. The van der Waals surface area contributed by atoms with Crippen molar-refractivity contribution in [3.8, 4) is 6.07 Å². The fourth-order valence-corrected chi connectivity index (χ4v) is 3.40. The van der Waals surface area contributed by atoms with Gasteiger partial charge in [0.2, 0.25) is 11.8 Å². The Labute approximate surface area is 159 Å². The number of aryl methyl sites for hydroxylation is 1. The molecule has 1 aliphatic heterocycles. The van der Waals surface area contributed by atoms with Crippen molar-refractivity contribution in [3.63, 3.8) is 0 Å². The third-order valence-electron chi connectivity index (χ3n) is 5.13. The first-order valence-corrected chi connectivity index (χ1v) is 9.20. The fourth-order valence-electron chi connectivity index (χ4n) is 3.40. The number of hydrogen-bond donors (Lipinski definition) is 1. The standard InChI is InChI=1S/C22H23N3O2/c1-16-6-2-3-7-18(16)14-21(26)25-12-10-17(11-13-25)22(27)24-20-9-5-4-8-19(20)15-23/h2-9,17H,10-14H2,1H3,(H,24,27). The second-order valence-corrected chi connectivity index (χ2v) is 6.90. The Hall–Kier alpha value is -3.13. The summed E-state index contributed by atoms with van der Waals surface area (Å²) in [7, 11) is 0. The smallest absolute Gasteiger partial charge is 0.227 e. The van der Waals surface area contributed by atoms with Crippen molar-refractivity contribution in [2.75, 3.05) is 18.4 Å². The maximum Gasteiger partial charge on any atom is 0.227 e. The molecule has 1 saturated heterocycles. The van der Waals surface area contributed by atoms with E-state index in [0.29, 0.717) is 43.6 Å². The molecule has 5 heteroatoms. The molecule has 2 aromatic rings. The summed E-state index contributed by atoms with van der Waals surface area (Å²) in [5.74, 6) is -0.110. The first-order chi connectivity index (χ1) is 13.1. The van der Waals surface area contributed by atoms with Crippen molar-refractivity contribution in [2.24, 2.45) is 5.92 Å². The van der Waals surface area contributed by atoms with Crippen LogP contribution in [0.2, 0.25) is 0 Å². The zero-order valence-electron chi connectivity index (χ0n) is 15.4. The number of hydrogen-bond acceptors (Lipinski definition) is 3. The van der Waals surface area contributed by atoms with Crippen molar-refractivity contribution < 1.29 is 9.59 Å². The number of carbonyl (C=O) groups excluding carboxylic acids is 2. The lowest BCUT2D eigenvalue weighted by Crippen LogP contribution is -2.42. The predicted octanol–water partition coefficient (Wildman–Crippen LogP) is 3.29. The molecule has 0 atom stereocenters. The van der Waals surface area contributed by atoms with Crippen LogP contribution in [0.5, 0.6) is 0 Å². The Morgan fingerprint density at radius 2 is 1.78 bits per heavy atom. The molecule has 2 aromatic carbocycles. The van der Waals surface area contributed by atoms with Gasteiger partial charge in [0, 0.05) is 19.0 Å². The van der Waals surface area contributed by atoms with E-state index in [2.05, 4.69) is 11.4 Å². The first kappa shape index (κ1) is 18.7. The molecule has 0 saturated carbocycles.